The van der Waals surface area contributed by atoms with E-state index in [0.29, 0.717) is 5.92 Å². The van der Waals surface area contributed by atoms with Crippen molar-refractivity contribution in [3.05, 3.63) is 0 Å². The first-order chi connectivity index (χ1) is 7.75. The van der Waals surface area contributed by atoms with Gasteiger partial charge in [0, 0.05) is 0 Å². The van der Waals surface area contributed by atoms with Crippen LogP contribution in [-0.4, -0.2) is 22.3 Å². The van der Waals surface area contributed by atoms with E-state index in [9.17, 15) is 4.79 Å². The minimum atomic E-state index is -0.760. The molecule has 0 bridgehead atoms. The van der Waals surface area contributed by atoms with Gasteiger partial charge in [-0.25, -0.2) is 0 Å². The summed E-state index contributed by atoms with van der Waals surface area (Å²) in [6, 6.07) is 0. The lowest BCUT2D eigenvalue weighted by atomic mass is 9.70. The second-order valence-electron chi connectivity index (χ2n) is 5.89. The molecule has 17 heavy (non-hydrogen) atoms. The lowest BCUT2D eigenvalue weighted by Gasteiger charge is -2.30. The van der Waals surface area contributed by atoms with E-state index < -0.39 is 11.6 Å². The predicted molar refractivity (Wildman–Crippen MR) is 68.0 cm³/mol. The first kappa shape index (κ1) is 14.5. The molecule has 1 aliphatic heterocycles. The number of hydrogen-bond acceptors (Lipinski definition) is 2. The number of hydrogen-bond donors (Lipinski definition) is 1. The molecule has 3 heteroatoms. The molecule has 0 radical (unpaired) electrons. The second kappa shape index (κ2) is 4.27. The van der Waals surface area contributed by atoms with E-state index in [-0.39, 0.29) is 17.4 Å². The maximum atomic E-state index is 10.8. The number of ether oxygens (including phenoxy) is 1. The van der Waals surface area contributed by atoms with Crippen LogP contribution in [0, 0.1) is 11.3 Å². The highest BCUT2D eigenvalue weighted by Gasteiger charge is 2.76. The molecule has 1 spiro atoms. The third kappa shape index (κ3) is 1.88. The fourth-order valence-electron chi connectivity index (χ4n) is 3.46. The first-order valence-electron chi connectivity index (χ1n) is 6.67. The van der Waals surface area contributed by atoms with Crippen molar-refractivity contribution in [1.29, 1.82) is 0 Å². The van der Waals surface area contributed by atoms with Crippen molar-refractivity contribution in [1.82, 2.24) is 0 Å². The molecule has 1 N–H and O–H groups in total. The fraction of sp³-hybridized carbons (Fsp3) is 0.929. The lowest BCUT2D eigenvalue weighted by Crippen LogP contribution is -2.37. The van der Waals surface area contributed by atoms with Crippen molar-refractivity contribution in [3.63, 3.8) is 0 Å². The zero-order valence-electron chi connectivity index (χ0n) is 12.0. The Morgan fingerprint density at radius 2 is 1.88 bits per heavy atom. The van der Waals surface area contributed by atoms with Gasteiger partial charge in [0.05, 0.1) is 6.42 Å². The van der Waals surface area contributed by atoms with Crippen LogP contribution in [0.25, 0.3) is 0 Å². The van der Waals surface area contributed by atoms with Crippen LogP contribution < -0.4 is 0 Å². The summed E-state index contributed by atoms with van der Waals surface area (Å²) >= 11 is 0. The standard InChI is InChI=1S/C12H20O3.C2H6/c1-8-5-6-12(10(8,2)3)11(4,15-12)7-9(13)14;1-2/h8H,5-7H2,1-4H3,(H,13,14);1-2H3. The molecule has 2 aliphatic rings. The van der Waals surface area contributed by atoms with Crippen molar-refractivity contribution in [3.8, 4) is 0 Å². The van der Waals surface area contributed by atoms with E-state index in [1.54, 1.807) is 0 Å². The fourth-order valence-corrected chi connectivity index (χ4v) is 3.46. The van der Waals surface area contributed by atoms with Crippen LogP contribution in [0.5, 0.6) is 0 Å². The molecular weight excluding hydrogens is 216 g/mol. The molecule has 2 rings (SSSR count). The molecule has 1 aliphatic carbocycles. The number of carboxylic acid groups (broad SMARTS) is 1. The molecule has 0 aromatic carbocycles. The van der Waals surface area contributed by atoms with Crippen LogP contribution in [0.1, 0.15) is 60.8 Å². The van der Waals surface area contributed by atoms with E-state index in [1.807, 2.05) is 20.8 Å². The van der Waals surface area contributed by atoms with Crippen molar-refractivity contribution in [2.45, 2.75) is 72.0 Å². The summed E-state index contributed by atoms with van der Waals surface area (Å²) in [5.74, 6) is -0.155. The van der Waals surface area contributed by atoms with Gasteiger partial charge < -0.3 is 9.84 Å². The van der Waals surface area contributed by atoms with Gasteiger partial charge in [-0.05, 0) is 31.1 Å². The number of epoxide rings is 1. The molecule has 1 heterocycles. The SMILES string of the molecule is CC.CC1CCC2(OC2(C)CC(=O)O)C1(C)C. The first-order valence-corrected chi connectivity index (χ1v) is 6.67. The molecule has 3 nitrogen and oxygen atoms in total. The lowest BCUT2D eigenvalue weighted by molar-refractivity contribution is -0.138. The molecule has 0 amide bonds. The van der Waals surface area contributed by atoms with E-state index >= 15 is 0 Å². The highest BCUT2D eigenvalue weighted by Crippen LogP contribution is 2.68. The van der Waals surface area contributed by atoms with Crippen molar-refractivity contribution < 1.29 is 14.6 Å². The number of carbonyl (C=O) groups is 1. The minimum Gasteiger partial charge on any atom is -0.481 e. The summed E-state index contributed by atoms with van der Waals surface area (Å²) in [6.07, 6.45) is 2.27. The van der Waals surface area contributed by atoms with Gasteiger partial charge in [0.25, 0.3) is 0 Å². The number of aliphatic carboxylic acids is 1. The van der Waals surface area contributed by atoms with Gasteiger partial charge in [-0.2, -0.15) is 0 Å². The highest BCUT2D eigenvalue weighted by molar-refractivity contribution is 5.69. The van der Waals surface area contributed by atoms with Crippen LogP contribution in [0.4, 0.5) is 0 Å². The van der Waals surface area contributed by atoms with Gasteiger partial charge in [0.15, 0.2) is 0 Å². The van der Waals surface area contributed by atoms with Crippen LogP contribution in [0.3, 0.4) is 0 Å². The average molecular weight is 242 g/mol. The molecule has 3 atom stereocenters. The summed E-state index contributed by atoms with van der Waals surface area (Å²) in [5.41, 5.74) is -0.526. The molecule has 3 unspecified atom stereocenters. The summed E-state index contributed by atoms with van der Waals surface area (Å²) < 4.78 is 5.87. The Hall–Kier alpha value is -0.570. The number of rotatable bonds is 2. The minimum absolute atomic E-state index is 0.0944. The van der Waals surface area contributed by atoms with Crippen LogP contribution in [0.2, 0.25) is 0 Å². The van der Waals surface area contributed by atoms with E-state index in [4.69, 9.17) is 9.84 Å². The molecule has 1 saturated heterocycles. The van der Waals surface area contributed by atoms with Gasteiger partial charge in [-0.15, -0.1) is 0 Å². The number of carboxylic acids is 1. The Bertz CT molecular complexity index is 311. The third-order valence-corrected chi connectivity index (χ3v) is 4.90. The summed E-state index contributed by atoms with van der Waals surface area (Å²) in [7, 11) is 0. The third-order valence-electron chi connectivity index (χ3n) is 4.90. The topological polar surface area (TPSA) is 49.8 Å². The van der Waals surface area contributed by atoms with E-state index in [1.165, 1.54) is 0 Å². The van der Waals surface area contributed by atoms with Gasteiger partial charge in [-0.3, -0.25) is 4.79 Å². The zero-order chi connectivity index (χ0) is 13.5. The maximum Gasteiger partial charge on any atom is 0.306 e. The Balaban J connectivity index is 0.000000686. The Labute approximate surface area is 105 Å². The van der Waals surface area contributed by atoms with E-state index in [2.05, 4.69) is 20.8 Å². The Kier molecular flexibility index (Phi) is 3.64. The average Bonchev–Trinajstić information content (AvgIpc) is 2.76. The van der Waals surface area contributed by atoms with Crippen molar-refractivity contribution in [2.24, 2.45) is 11.3 Å². The normalized spacial score (nSPS) is 41.9. The van der Waals surface area contributed by atoms with E-state index in [0.717, 1.165) is 12.8 Å². The molecule has 1 saturated carbocycles. The Morgan fingerprint density at radius 1 is 1.35 bits per heavy atom. The summed E-state index contributed by atoms with van der Waals surface area (Å²) in [5, 5.41) is 8.89. The summed E-state index contributed by atoms with van der Waals surface area (Å²) in [4.78, 5) is 10.8. The molecule has 100 valence electrons. The van der Waals surface area contributed by atoms with Gasteiger partial charge in [-0.1, -0.05) is 34.6 Å². The van der Waals surface area contributed by atoms with Crippen LogP contribution >= 0.6 is 0 Å². The molecule has 0 aromatic heterocycles. The highest BCUT2D eigenvalue weighted by atomic mass is 16.6. The smallest absolute Gasteiger partial charge is 0.306 e. The van der Waals surface area contributed by atoms with Crippen molar-refractivity contribution in [2.75, 3.05) is 0 Å². The molecular formula is C14H26O3. The van der Waals surface area contributed by atoms with Crippen molar-refractivity contribution >= 4 is 5.97 Å². The maximum absolute atomic E-state index is 10.8. The zero-order valence-corrected chi connectivity index (χ0v) is 12.0. The van der Waals surface area contributed by atoms with Gasteiger partial charge in [0.2, 0.25) is 0 Å². The second-order valence-corrected chi connectivity index (χ2v) is 5.89. The van der Waals surface area contributed by atoms with Crippen LogP contribution in [0.15, 0.2) is 0 Å². The van der Waals surface area contributed by atoms with Crippen LogP contribution in [-0.2, 0) is 9.53 Å². The largest absolute Gasteiger partial charge is 0.481 e. The monoisotopic (exact) mass is 242 g/mol. The Morgan fingerprint density at radius 3 is 2.24 bits per heavy atom. The van der Waals surface area contributed by atoms with Gasteiger partial charge >= 0.3 is 5.97 Å². The molecule has 2 fully saturated rings. The van der Waals surface area contributed by atoms with Gasteiger partial charge in [0.1, 0.15) is 11.2 Å². The summed E-state index contributed by atoms with van der Waals surface area (Å²) in [6.45, 7) is 12.6. The quantitative estimate of drug-likeness (QED) is 0.754. The predicted octanol–water partition coefficient (Wildman–Crippen LogP) is 3.47. The molecule has 0 aromatic rings.